The fourth-order valence-corrected chi connectivity index (χ4v) is 3.18. The van der Waals surface area contributed by atoms with Gasteiger partial charge in [0.2, 0.25) is 5.91 Å². The van der Waals surface area contributed by atoms with Gasteiger partial charge in [-0.25, -0.2) is 0 Å². The molecule has 1 saturated heterocycles. The fourth-order valence-electron chi connectivity index (χ4n) is 2.97. The Bertz CT molecular complexity index is 686. The Morgan fingerprint density at radius 1 is 1.22 bits per heavy atom. The van der Waals surface area contributed by atoms with E-state index in [1.165, 1.54) is 0 Å². The zero-order chi connectivity index (χ0) is 16.2. The molecule has 3 rings (SSSR count). The first-order valence-electron chi connectivity index (χ1n) is 7.96. The Kier molecular flexibility index (Phi) is 5.03. The van der Waals surface area contributed by atoms with Gasteiger partial charge in [0, 0.05) is 42.2 Å². The van der Waals surface area contributed by atoms with Crippen LogP contribution in [0.3, 0.4) is 0 Å². The molecule has 0 radical (unpaired) electrons. The summed E-state index contributed by atoms with van der Waals surface area (Å²) in [6.45, 7) is 3.31. The van der Waals surface area contributed by atoms with Crippen molar-refractivity contribution < 1.29 is 4.79 Å². The molecular weight excluding hydrogens is 314 g/mol. The first kappa shape index (κ1) is 16.1. The molecule has 0 saturated carbocycles. The number of amides is 1. The van der Waals surface area contributed by atoms with Gasteiger partial charge in [0.05, 0.1) is 18.4 Å². The van der Waals surface area contributed by atoms with Crippen molar-refractivity contribution in [2.24, 2.45) is 0 Å². The number of H-pyrrole nitrogens is 1. The number of halogens is 1. The number of nitrogens with one attached hydrogen (secondary N) is 2. The van der Waals surface area contributed by atoms with Gasteiger partial charge in [0.15, 0.2) is 0 Å². The minimum atomic E-state index is 0.109. The summed E-state index contributed by atoms with van der Waals surface area (Å²) < 4.78 is 0. The lowest BCUT2D eigenvalue weighted by Crippen LogP contribution is -2.35. The van der Waals surface area contributed by atoms with Crippen LogP contribution in [0.25, 0.3) is 10.9 Å². The van der Waals surface area contributed by atoms with E-state index in [2.05, 4.69) is 25.3 Å². The Hall–Kier alpha value is -1.79. The summed E-state index contributed by atoms with van der Waals surface area (Å²) >= 11 is 6.26. The van der Waals surface area contributed by atoms with Crippen molar-refractivity contribution in [1.29, 1.82) is 0 Å². The van der Waals surface area contributed by atoms with E-state index in [0.717, 1.165) is 49.1 Å². The molecular formula is C16H22ClN5O. The number of fused-ring (bicyclic) bond motifs is 1. The number of carbonyl (C=O) groups excluding carboxylic acids is 1. The lowest BCUT2D eigenvalue weighted by Gasteiger charge is -2.26. The van der Waals surface area contributed by atoms with Crippen molar-refractivity contribution in [3.05, 3.63) is 23.4 Å². The third kappa shape index (κ3) is 3.95. The number of aromatic nitrogens is 2. The number of rotatable bonds is 1. The first-order valence-corrected chi connectivity index (χ1v) is 8.34. The molecule has 0 bridgehead atoms. The average molecular weight is 336 g/mol. The van der Waals surface area contributed by atoms with Crippen LogP contribution in [-0.2, 0) is 4.79 Å². The second kappa shape index (κ2) is 7.19. The second-order valence-corrected chi connectivity index (χ2v) is 6.47. The molecule has 0 atom stereocenters. The number of nitrogens with zero attached hydrogens (tertiary/aromatic N) is 3. The van der Waals surface area contributed by atoms with Crippen LogP contribution < -0.4 is 10.2 Å². The molecule has 124 valence electrons. The van der Waals surface area contributed by atoms with E-state index in [9.17, 15) is 4.79 Å². The summed E-state index contributed by atoms with van der Waals surface area (Å²) in [4.78, 5) is 16.3. The highest BCUT2D eigenvalue weighted by atomic mass is 35.5. The maximum Gasteiger partial charge on any atom is 0.221 e. The molecule has 2 aromatic rings. The van der Waals surface area contributed by atoms with Gasteiger partial charge in [0.25, 0.3) is 0 Å². The lowest BCUT2D eigenvalue weighted by molar-refractivity contribution is -0.121. The van der Waals surface area contributed by atoms with Crippen molar-refractivity contribution in [3.8, 4) is 0 Å². The fraction of sp³-hybridized carbons (Fsp3) is 0.500. The minimum absolute atomic E-state index is 0.109. The third-order valence-corrected chi connectivity index (χ3v) is 4.41. The van der Waals surface area contributed by atoms with Crippen molar-refractivity contribution in [1.82, 2.24) is 20.4 Å². The lowest BCUT2D eigenvalue weighted by atomic mass is 10.1. The summed E-state index contributed by atoms with van der Waals surface area (Å²) in [6.07, 6.45) is 4.23. The predicted molar refractivity (Wildman–Crippen MR) is 92.8 cm³/mol. The number of anilines is 1. The summed E-state index contributed by atoms with van der Waals surface area (Å²) in [5.74, 6) is 0.109. The molecule has 0 spiro atoms. The molecule has 2 N–H and O–H groups in total. The van der Waals surface area contributed by atoms with Crippen LogP contribution in [0.15, 0.2) is 18.3 Å². The summed E-state index contributed by atoms with van der Waals surface area (Å²) in [5.41, 5.74) is 2.03. The van der Waals surface area contributed by atoms with Crippen LogP contribution in [0, 0.1) is 0 Å². The summed E-state index contributed by atoms with van der Waals surface area (Å²) in [5, 5.41) is 11.8. The first-order chi connectivity index (χ1) is 11.1. The molecule has 2 heterocycles. The van der Waals surface area contributed by atoms with Crippen molar-refractivity contribution in [2.75, 3.05) is 38.3 Å². The number of benzene rings is 1. The van der Waals surface area contributed by atoms with Crippen LogP contribution in [-0.4, -0.2) is 54.4 Å². The average Bonchev–Trinajstić information content (AvgIpc) is 2.97. The predicted octanol–water partition coefficient (Wildman–Crippen LogP) is 2.21. The van der Waals surface area contributed by atoms with E-state index in [0.29, 0.717) is 18.1 Å². The van der Waals surface area contributed by atoms with Gasteiger partial charge in [-0.1, -0.05) is 11.6 Å². The Morgan fingerprint density at radius 3 is 2.91 bits per heavy atom. The van der Waals surface area contributed by atoms with E-state index in [4.69, 9.17) is 11.6 Å². The van der Waals surface area contributed by atoms with Crippen LogP contribution in [0.2, 0.25) is 5.02 Å². The van der Waals surface area contributed by atoms with Gasteiger partial charge in [-0.2, -0.15) is 5.10 Å². The highest BCUT2D eigenvalue weighted by Gasteiger charge is 2.15. The quantitative estimate of drug-likeness (QED) is 0.838. The molecule has 23 heavy (non-hydrogen) atoms. The van der Waals surface area contributed by atoms with Crippen LogP contribution >= 0.6 is 11.6 Å². The third-order valence-electron chi connectivity index (χ3n) is 4.19. The summed E-state index contributed by atoms with van der Waals surface area (Å²) in [6, 6.07) is 3.88. The standard InChI is InChI=1S/C16H22ClN5O/c1-21-5-3-7-22(6-2-4-16(23)18-11-21)15-9-12(17)8-14-13(15)10-19-20-14/h8-10H,2-7,11H2,1H3,(H,18,23)(H,19,20). The zero-order valence-electron chi connectivity index (χ0n) is 13.3. The monoisotopic (exact) mass is 335 g/mol. The molecule has 1 aliphatic rings. The maximum absolute atomic E-state index is 11.8. The molecule has 1 aliphatic heterocycles. The highest BCUT2D eigenvalue weighted by molar-refractivity contribution is 6.31. The van der Waals surface area contributed by atoms with Gasteiger partial charge < -0.3 is 10.2 Å². The van der Waals surface area contributed by atoms with E-state index in [1.807, 2.05) is 25.4 Å². The summed E-state index contributed by atoms with van der Waals surface area (Å²) in [7, 11) is 2.02. The number of hydrogen-bond donors (Lipinski definition) is 2. The van der Waals surface area contributed by atoms with Crippen LogP contribution in [0.1, 0.15) is 19.3 Å². The van der Waals surface area contributed by atoms with Gasteiger partial charge in [-0.15, -0.1) is 0 Å². The van der Waals surface area contributed by atoms with Crippen molar-refractivity contribution in [3.63, 3.8) is 0 Å². The molecule has 1 amide bonds. The van der Waals surface area contributed by atoms with Crippen LogP contribution in [0.4, 0.5) is 5.69 Å². The number of aromatic amines is 1. The van der Waals surface area contributed by atoms with E-state index in [1.54, 1.807) is 0 Å². The number of carbonyl (C=O) groups is 1. The van der Waals surface area contributed by atoms with E-state index < -0.39 is 0 Å². The van der Waals surface area contributed by atoms with E-state index >= 15 is 0 Å². The smallest absolute Gasteiger partial charge is 0.221 e. The van der Waals surface area contributed by atoms with Crippen molar-refractivity contribution in [2.45, 2.75) is 19.3 Å². The SMILES string of the molecule is CN1CCCN(c2cc(Cl)cc3[nH]ncc23)CCCC(=O)NC1. The van der Waals surface area contributed by atoms with Gasteiger partial charge >= 0.3 is 0 Å². The molecule has 0 unspecified atom stereocenters. The highest BCUT2D eigenvalue weighted by Crippen LogP contribution is 2.30. The normalized spacial score (nSPS) is 18.7. The molecule has 0 aliphatic carbocycles. The van der Waals surface area contributed by atoms with Gasteiger partial charge in [-0.05, 0) is 32.0 Å². The molecule has 7 heteroatoms. The molecule has 1 fully saturated rings. The Labute approximate surface area is 140 Å². The topological polar surface area (TPSA) is 64.3 Å². The largest absolute Gasteiger partial charge is 0.371 e. The molecule has 6 nitrogen and oxygen atoms in total. The van der Waals surface area contributed by atoms with E-state index in [-0.39, 0.29) is 5.91 Å². The molecule has 1 aromatic carbocycles. The zero-order valence-corrected chi connectivity index (χ0v) is 14.1. The minimum Gasteiger partial charge on any atom is -0.371 e. The Balaban J connectivity index is 1.85. The van der Waals surface area contributed by atoms with Gasteiger partial charge in [0.1, 0.15) is 0 Å². The maximum atomic E-state index is 11.8. The van der Waals surface area contributed by atoms with Crippen LogP contribution in [0.5, 0.6) is 0 Å². The Morgan fingerprint density at radius 2 is 2.04 bits per heavy atom. The van der Waals surface area contributed by atoms with Crippen molar-refractivity contribution >= 4 is 34.1 Å². The number of hydrogen-bond acceptors (Lipinski definition) is 4. The molecule has 1 aromatic heterocycles. The van der Waals surface area contributed by atoms with Gasteiger partial charge in [-0.3, -0.25) is 14.8 Å². The second-order valence-electron chi connectivity index (χ2n) is 6.04.